The van der Waals surface area contributed by atoms with Crippen LogP contribution in [0.15, 0.2) is 29.3 Å². The highest BCUT2D eigenvalue weighted by Crippen LogP contribution is 2.16. The Morgan fingerprint density at radius 1 is 1.38 bits per heavy atom. The van der Waals surface area contributed by atoms with E-state index in [0.29, 0.717) is 18.9 Å². The Labute approximate surface area is 179 Å². The zero-order chi connectivity index (χ0) is 18.2. The quantitative estimate of drug-likeness (QED) is 0.388. The van der Waals surface area contributed by atoms with Crippen molar-refractivity contribution in [3.8, 4) is 0 Å². The molecular formula is C19H30ClIN4O. The lowest BCUT2D eigenvalue weighted by atomic mass is 10.00. The van der Waals surface area contributed by atoms with Crippen LogP contribution in [0.3, 0.4) is 0 Å². The highest BCUT2D eigenvalue weighted by Gasteiger charge is 2.20. The van der Waals surface area contributed by atoms with Crippen LogP contribution >= 0.6 is 35.6 Å². The summed E-state index contributed by atoms with van der Waals surface area (Å²) >= 11 is 5.92. The number of rotatable bonds is 5. The Hall–Kier alpha value is -1.02. The molecule has 1 aliphatic heterocycles. The molecule has 146 valence electrons. The third-order valence-corrected chi connectivity index (χ3v) is 4.79. The van der Waals surface area contributed by atoms with Gasteiger partial charge in [0.25, 0.3) is 0 Å². The Kier molecular flexibility index (Phi) is 10.3. The normalized spacial score (nSPS) is 17.5. The summed E-state index contributed by atoms with van der Waals surface area (Å²) in [6.07, 6.45) is 2.84. The Bertz CT molecular complexity index is 594. The van der Waals surface area contributed by atoms with Crippen molar-refractivity contribution in [2.45, 2.75) is 32.7 Å². The van der Waals surface area contributed by atoms with Crippen LogP contribution in [0.2, 0.25) is 5.02 Å². The summed E-state index contributed by atoms with van der Waals surface area (Å²) in [7, 11) is 3.74. The number of nitrogens with zero attached hydrogens (tertiary/aromatic N) is 3. The molecule has 1 aliphatic rings. The lowest BCUT2D eigenvalue weighted by molar-refractivity contribution is -0.132. The molecule has 0 spiro atoms. The Morgan fingerprint density at radius 2 is 2.08 bits per heavy atom. The predicted molar refractivity (Wildman–Crippen MR) is 119 cm³/mol. The minimum atomic E-state index is 0. The lowest BCUT2D eigenvalue weighted by Crippen LogP contribution is -2.42. The van der Waals surface area contributed by atoms with Gasteiger partial charge in [-0.25, -0.2) is 0 Å². The van der Waals surface area contributed by atoms with Gasteiger partial charge in [-0.1, -0.05) is 30.7 Å². The third-order valence-electron chi connectivity index (χ3n) is 4.54. The van der Waals surface area contributed by atoms with Crippen molar-refractivity contribution in [3.05, 3.63) is 34.9 Å². The maximum absolute atomic E-state index is 12.3. The van der Waals surface area contributed by atoms with Crippen molar-refractivity contribution in [2.75, 3.05) is 33.7 Å². The summed E-state index contributed by atoms with van der Waals surface area (Å²) in [5, 5.41) is 4.02. The first kappa shape index (κ1) is 23.0. The van der Waals surface area contributed by atoms with Crippen molar-refractivity contribution in [1.29, 1.82) is 0 Å². The molecule has 1 saturated heterocycles. The SMILES string of the molecule is CN=C(NCCC(=O)N1CCCC(C)C1)N(C)Cc1ccc(Cl)cc1.I. The van der Waals surface area contributed by atoms with Crippen LogP contribution in [0.4, 0.5) is 0 Å². The van der Waals surface area contributed by atoms with Crippen LogP contribution in [0, 0.1) is 5.92 Å². The Morgan fingerprint density at radius 3 is 2.69 bits per heavy atom. The van der Waals surface area contributed by atoms with Crippen LogP contribution in [-0.4, -0.2) is 55.4 Å². The minimum absolute atomic E-state index is 0. The number of carbonyl (C=O) groups excluding carboxylic acids is 1. The number of benzene rings is 1. The van der Waals surface area contributed by atoms with Crippen LogP contribution in [0.5, 0.6) is 0 Å². The Balaban J connectivity index is 0.00000338. The van der Waals surface area contributed by atoms with Gasteiger partial charge in [0.2, 0.25) is 5.91 Å². The number of hydrogen-bond acceptors (Lipinski definition) is 2. The van der Waals surface area contributed by atoms with Crippen molar-refractivity contribution in [1.82, 2.24) is 15.1 Å². The number of piperidine rings is 1. The van der Waals surface area contributed by atoms with Gasteiger partial charge in [0.15, 0.2) is 5.96 Å². The zero-order valence-electron chi connectivity index (χ0n) is 15.9. The van der Waals surface area contributed by atoms with Gasteiger partial charge >= 0.3 is 0 Å². The molecule has 0 saturated carbocycles. The predicted octanol–water partition coefficient (Wildman–Crippen LogP) is 3.61. The summed E-state index contributed by atoms with van der Waals surface area (Å²) in [5.74, 6) is 1.63. The third kappa shape index (κ3) is 7.31. The average Bonchev–Trinajstić information content (AvgIpc) is 2.60. The van der Waals surface area contributed by atoms with E-state index in [1.165, 1.54) is 6.42 Å². The fourth-order valence-corrected chi connectivity index (χ4v) is 3.30. The molecule has 0 aliphatic carbocycles. The number of likely N-dealkylation sites (tertiary alicyclic amines) is 1. The number of hydrogen-bond donors (Lipinski definition) is 1. The molecule has 1 atom stereocenters. The van der Waals surface area contributed by atoms with E-state index in [1.807, 2.05) is 41.1 Å². The van der Waals surface area contributed by atoms with Crippen LogP contribution in [-0.2, 0) is 11.3 Å². The minimum Gasteiger partial charge on any atom is -0.356 e. The number of halogens is 2. The average molecular weight is 493 g/mol. The van der Waals surface area contributed by atoms with Crippen molar-refractivity contribution in [2.24, 2.45) is 10.9 Å². The second kappa shape index (κ2) is 11.6. The van der Waals surface area contributed by atoms with E-state index in [1.54, 1.807) is 7.05 Å². The molecule has 0 aromatic heterocycles. The first-order valence-electron chi connectivity index (χ1n) is 8.93. The van der Waals surface area contributed by atoms with Gasteiger partial charge in [-0.3, -0.25) is 9.79 Å². The molecule has 1 aromatic rings. The number of nitrogens with one attached hydrogen (secondary N) is 1. The molecule has 2 rings (SSSR count). The van der Waals surface area contributed by atoms with E-state index in [4.69, 9.17) is 11.6 Å². The van der Waals surface area contributed by atoms with E-state index >= 15 is 0 Å². The van der Waals surface area contributed by atoms with E-state index < -0.39 is 0 Å². The van der Waals surface area contributed by atoms with E-state index in [0.717, 1.165) is 42.6 Å². The van der Waals surface area contributed by atoms with Gasteiger partial charge in [-0.05, 0) is 36.5 Å². The fourth-order valence-electron chi connectivity index (χ4n) is 3.18. The molecule has 1 aromatic carbocycles. The van der Waals surface area contributed by atoms with Crippen molar-refractivity contribution < 1.29 is 4.79 Å². The number of amides is 1. The van der Waals surface area contributed by atoms with Gasteiger partial charge in [0, 0.05) is 51.7 Å². The molecule has 1 unspecified atom stereocenters. The highest BCUT2D eigenvalue weighted by atomic mass is 127. The molecular weight excluding hydrogens is 463 g/mol. The summed E-state index contributed by atoms with van der Waals surface area (Å²) in [4.78, 5) is 20.7. The van der Waals surface area contributed by atoms with Crippen molar-refractivity contribution in [3.63, 3.8) is 0 Å². The first-order chi connectivity index (χ1) is 12.0. The number of aliphatic imine (C=N–C) groups is 1. The molecule has 26 heavy (non-hydrogen) atoms. The highest BCUT2D eigenvalue weighted by molar-refractivity contribution is 14.0. The summed E-state index contributed by atoms with van der Waals surface area (Å²) in [6.45, 7) is 5.33. The molecule has 7 heteroatoms. The molecule has 1 N–H and O–H groups in total. The van der Waals surface area contributed by atoms with Gasteiger partial charge in [0.1, 0.15) is 0 Å². The largest absolute Gasteiger partial charge is 0.356 e. The topological polar surface area (TPSA) is 47.9 Å². The second-order valence-electron chi connectivity index (χ2n) is 6.79. The smallest absolute Gasteiger partial charge is 0.224 e. The maximum Gasteiger partial charge on any atom is 0.224 e. The monoisotopic (exact) mass is 492 g/mol. The molecule has 5 nitrogen and oxygen atoms in total. The van der Waals surface area contributed by atoms with Gasteiger partial charge < -0.3 is 15.1 Å². The van der Waals surface area contributed by atoms with E-state index in [2.05, 4.69) is 17.2 Å². The standard InChI is InChI=1S/C19H29ClN4O.HI/c1-15-5-4-12-24(13-15)18(25)10-11-22-19(21-2)23(3)14-16-6-8-17(20)9-7-16;/h6-9,15H,4-5,10-14H2,1-3H3,(H,21,22);1H. The van der Waals surface area contributed by atoms with E-state index in [9.17, 15) is 4.79 Å². The molecule has 0 radical (unpaired) electrons. The molecule has 1 fully saturated rings. The first-order valence-corrected chi connectivity index (χ1v) is 9.31. The molecule has 1 amide bonds. The van der Waals surface area contributed by atoms with Gasteiger partial charge in [0.05, 0.1) is 0 Å². The van der Waals surface area contributed by atoms with Crippen molar-refractivity contribution >= 4 is 47.4 Å². The second-order valence-corrected chi connectivity index (χ2v) is 7.23. The zero-order valence-corrected chi connectivity index (χ0v) is 19.0. The fraction of sp³-hybridized carbons (Fsp3) is 0.579. The molecule has 1 heterocycles. The molecule has 0 bridgehead atoms. The van der Waals surface area contributed by atoms with E-state index in [-0.39, 0.29) is 29.9 Å². The van der Waals surface area contributed by atoms with Crippen LogP contribution < -0.4 is 5.32 Å². The summed E-state index contributed by atoms with van der Waals surface area (Å²) in [5.41, 5.74) is 1.16. The van der Waals surface area contributed by atoms with Crippen LogP contribution in [0.25, 0.3) is 0 Å². The summed E-state index contributed by atoms with van der Waals surface area (Å²) < 4.78 is 0. The maximum atomic E-state index is 12.3. The summed E-state index contributed by atoms with van der Waals surface area (Å²) in [6, 6.07) is 7.79. The van der Waals surface area contributed by atoms with Gasteiger partial charge in [-0.2, -0.15) is 0 Å². The number of carbonyl (C=O) groups is 1. The van der Waals surface area contributed by atoms with Gasteiger partial charge in [-0.15, -0.1) is 24.0 Å². The van der Waals surface area contributed by atoms with Crippen LogP contribution in [0.1, 0.15) is 31.7 Å². The number of guanidine groups is 1. The lowest BCUT2D eigenvalue weighted by Gasteiger charge is -2.31.